The van der Waals surface area contributed by atoms with Crippen LogP contribution in [0.2, 0.25) is 0 Å². The summed E-state index contributed by atoms with van der Waals surface area (Å²) >= 11 is 1.36. The molecule has 1 saturated heterocycles. The Morgan fingerprint density at radius 3 is 2.77 bits per heavy atom. The third kappa shape index (κ3) is 4.77. The van der Waals surface area contributed by atoms with E-state index in [1.807, 2.05) is 18.2 Å². The van der Waals surface area contributed by atoms with E-state index >= 15 is 0 Å². The lowest BCUT2D eigenvalue weighted by molar-refractivity contribution is -0.118. The van der Waals surface area contributed by atoms with Gasteiger partial charge in [0.25, 0.3) is 0 Å². The molecule has 0 radical (unpaired) electrons. The summed E-state index contributed by atoms with van der Waals surface area (Å²) < 4.78 is 7.48. The molecule has 0 atom stereocenters. The number of benzene rings is 1. The highest BCUT2D eigenvalue weighted by atomic mass is 32.2. The summed E-state index contributed by atoms with van der Waals surface area (Å²) in [6.45, 7) is 3.79. The van der Waals surface area contributed by atoms with Gasteiger partial charge in [-0.25, -0.2) is 0 Å². The lowest BCUT2D eigenvalue weighted by atomic mass is 10.2. The fourth-order valence-corrected chi connectivity index (χ4v) is 3.38. The van der Waals surface area contributed by atoms with Crippen LogP contribution in [-0.2, 0) is 16.1 Å². The maximum absolute atomic E-state index is 11.8. The molecule has 0 unspecified atom stereocenters. The van der Waals surface area contributed by atoms with Crippen LogP contribution < -0.4 is 10.2 Å². The molecular formula is C18H21N5O2S. The van der Waals surface area contributed by atoms with Crippen molar-refractivity contribution >= 4 is 23.6 Å². The largest absolute Gasteiger partial charge is 0.378 e. The van der Waals surface area contributed by atoms with E-state index in [1.165, 1.54) is 11.8 Å². The highest BCUT2D eigenvalue weighted by molar-refractivity contribution is 7.99. The number of thioether (sulfide) groups is 1. The lowest BCUT2D eigenvalue weighted by Crippen LogP contribution is -2.38. The van der Waals surface area contributed by atoms with Crippen LogP contribution in [0, 0.1) is 12.3 Å². The van der Waals surface area contributed by atoms with Gasteiger partial charge in [0.05, 0.1) is 32.1 Å². The maximum atomic E-state index is 11.8. The molecule has 136 valence electrons. The quantitative estimate of drug-likeness (QED) is 0.578. The molecule has 7 nitrogen and oxygen atoms in total. The Morgan fingerprint density at radius 2 is 2.04 bits per heavy atom. The first kappa shape index (κ1) is 18.3. The van der Waals surface area contributed by atoms with Gasteiger partial charge in [0.1, 0.15) is 0 Å². The molecule has 1 aromatic carbocycles. The summed E-state index contributed by atoms with van der Waals surface area (Å²) in [7, 11) is 0. The number of carbonyl (C=O) groups is 1. The predicted octanol–water partition coefficient (Wildman–Crippen LogP) is 1.00. The first-order valence-electron chi connectivity index (χ1n) is 8.40. The third-order valence-corrected chi connectivity index (χ3v) is 4.86. The van der Waals surface area contributed by atoms with E-state index in [1.54, 1.807) is 0 Å². The van der Waals surface area contributed by atoms with Crippen LogP contribution in [0.3, 0.4) is 0 Å². The number of hydrogen-bond acceptors (Lipinski definition) is 6. The van der Waals surface area contributed by atoms with Crippen molar-refractivity contribution in [1.29, 1.82) is 0 Å². The van der Waals surface area contributed by atoms with Crippen molar-refractivity contribution in [1.82, 2.24) is 20.1 Å². The molecule has 0 aliphatic carbocycles. The zero-order valence-electron chi connectivity index (χ0n) is 14.4. The van der Waals surface area contributed by atoms with Gasteiger partial charge in [-0.1, -0.05) is 48.0 Å². The average Bonchev–Trinajstić information content (AvgIpc) is 3.08. The van der Waals surface area contributed by atoms with Gasteiger partial charge in [0.2, 0.25) is 11.9 Å². The van der Waals surface area contributed by atoms with Crippen molar-refractivity contribution < 1.29 is 9.53 Å². The molecule has 8 heteroatoms. The number of ether oxygens (including phenoxy) is 1. The summed E-state index contributed by atoms with van der Waals surface area (Å²) in [6.07, 6.45) is 5.17. The van der Waals surface area contributed by atoms with Crippen LogP contribution in [0.15, 0.2) is 35.5 Å². The van der Waals surface area contributed by atoms with E-state index in [4.69, 9.17) is 11.2 Å². The zero-order chi connectivity index (χ0) is 18.2. The van der Waals surface area contributed by atoms with Crippen molar-refractivity contribution in [3.8, 4) is 12.3 Å². The number of aromatic nitrogens is 3. The Balaban J connectivity index is 1.78. The average molecular weight is 371 g/mol. The summed E-state index contributed by atoms with van der Waals surface area (Å²) in [6, 6.07) is 10.1. The smallest absolute Gasteiger partial charge is 0.231 e. The maximum Gasteiger partial charge on any atom is 0.231 e. The van der Waals surface area contributed by atoms with E-state index in [-0.39, 0.29) is 18.2 Å². The van der Waals surface area contributed by atoms with Crippen LogP contribution >= 0.6 is 11.8 Å². The number of amides is 1. The Kier molecular flexibility index (Phi) is 6.52. The molecule has 0 spiro atoms. The summed E-state index contributed by atoms with van der Waals surface area (Å²) in [4.78, 5) is 14.0. The third-order valence-electron chi connectivity index (χ3n) is 3.89. The second-order valence-electron chi connectivity index (χ2n) is 5.72. The molecule has 0 bridgehead atoms. The van der Waals surface area contributed by atoms with Gasteiger partial charge in [-0.2, -0.15) is 0 Å². The van der Waals surface area contributed by atoms with Gasteiger partial charge < -0.3 is 15.0 Å². The molecule has 3 rings (SSSR count). The van der Waals surface area contributed by atoms with Gasteiger partial charge in [0, 0.05) is 13.1 Å². The lowest BCUT2D eigenvalue weighted by Gasteiger charge is -2.28. The van der Waals surface area contributed by atoms with E-state index in [0.29, 0.717) is 24.9 Å². The Labute approximate surface area is 157 Å². The first-order chi connectivity index (χ1) is 12.8. The molecule has 1 amide bonds. The number of hydrogen-bond donors (Lipinski definition) is 1. The minimum atomic E-state index is -0.116. The van der Waals surface area contributed by atoms with Crippen molar-refractivity contribution in [2.24, 2.45) is 0 Å². The molecular weight excluding hydrogens is 350 g/mol. The van der Waals surface area contributed by atoms with E-state index in [0.717, 1.165) is 24.6 Å². The van der Waals surface area contributed by atoms with Gasteiger partial charge in [0.15, 0.2) is 5.16 Å². The normalized spacial score (nSPS) is 14.0. The van der Waals surface area contributed by atoms with Crippen molar-refractivity contribution in [2.75, 3.05) is 43.5 Å². The van der Waals surface area contributed by atoms with Crippen LogP contribution in [0.25, 0.3) is 0 Å². The highest BCUT2D eigenvalue weighted by Gasteiger charge is 2.21. The van der Waals surface area contributed by atoms with Gasteiger partial charge in [-0.3, -0.25) is 9.36 Å². The van der Waals surface area contributed by atoms with Crippen LogP contribution in [0.4, 0.5) is 5.95 Å². The number of carbonyl (C=O) groups excluding carboxylic acids is 1. The number of anilines is 1. The second-order valence-corrected chi connectivity index (χ2v) is 6.67. The molecule has 1 aliphatic heterocycles. The fraction of sp³-hybridized carbons (Fsp3) is 0.389. The number of terminal acetylenes is 1. The minimum absolute atomic E-state index is 0.116. The Hall–Kier alpha value is -2.50. The first-order valence-corrected chi connectivity index (χ1v) is 9.39. The summed E-state index contributed by atoms with van der Waals surface area (Å²) in [5.74, 6) is 3.34. The van der Waals surface area contributed by atoms with Crippen molar-refractivity contribution in [3.05, 3.63) is 35.9 Å². The minimum Gasteiger partial charge on any atom is -0.378 e. The molecule has 0 saturated carbocycles. The Morgan fingerprint density at radius 1 is 1.27 bits per heavy atom. The summed E-state index contributed by atoms with van der Waals surface area (Å²) in [5, 5.41) is 12.1. The van der Waals surface area contributed by atoms with Gasteiger partial charge >= 0.3 is 0 Å². The van der Waals surface area contributed by atoms with E-state index < -0.39 is 0 Å². The molecule has 1 fully saturated rings. The number of rotatable bonds is 7. The predicted molar refractivity (Wildman–Crippen MR) is 101 cm³/mol. The highest BCUT2D eigenvalue weighted by Crippen LogP contribution is 2.24. The topological polar surface area (TPSA) is 72.3 Å². The van der Waals surface area contributed by atoms with Gasteiger partial charge in [-0.15, -0.1) is 16.6 Å². The molecule has 26 heavy (non-hydrogen) atoms. The zero-order valence-corrected chi connectivity index (χ0v) is 15.2. The van der Waals surface area contributed by atoms with Gasteiger partial charge in [-0.05, 0) is 5.56 Å². The number of morpholine rings is 1. The van der Waals surface area contributed by atoms with Crippen molar-refractivity contribution in [2.45, 2.75) is 11.7 Å². The monoisotopic (exact) mass is 371 g/mol. The van der Waals surface area contributed by atoms with E-state index in [2.05, 4.69) is 43.0 Å². The molecule has 2 aromatic rings. The molecule has 2 heterocycles. The standard InChI is InChI=1S/C18H21N5O2S/c1-2-8-19-16(24)14-26-18-21-20-17(22-9-11-25-12-10-22)23(18)13-15-6-4-3-5-7-15/h1,3-7H,8-14H2,(H,19,24). The Bertz CT molecular complexity index is 766. The molecule has 1 N–H and O–H groups in total. The molecule has 1 aromatic heterocycles. The van der Waals surface area contributed by atoms with Crippen molar-refractivity contribution in [3.63, 3.8) is 0 Å². The molecule has 1 aliphatic rings. The van der Waals surface area contributed by atoms with Crippen LogP contribution in [-0.4, -0.2) is 59.3 Å². The van der Waals surface area contributed by atoms with Crippen LogP contribution in [0.1, 0.15) is 5.56 Å². The van der Waals surface area contributed by atoms with E-state index in [9.17, 15) is 4.79 Å². The fourth-order valence-electron chi connectivity index (χ4n) is 2.62. The second kappa shape index (κ2) is 9.27. The number of nitrogens with one attached hydrogen (secondary N) is 1. The number of nitrogens with zero attached hydrogens (tertiary/aromatic N) is 4. The SMILES string of the molecule is C#CCNC(=O)CSc1nnc(N2CCOCC2)n1Cc1ccccc1. The summed E-state index contributed by atoms with van der Waals surface area (Å²) in [5.41, 5.74) is 1.15. The van der Waals surface area contributed by atoms with Crippen LogP contribution in [0.5, 0.6) is 0 Å².